The number of nitrogens with zero attached hydrogens (tertiary/aromatic N) is 3. The van der Waals surface area contributed by atoms with Crippen LogP contribution in [0.25, 0.3) is 10.9 Å². The highest BCUT2D eigenvalue weighted by Crippen LogP contribution is 2.46. The first-order chi connectivity index (χ1) is 15.0. The minimum absolute atomic E-state index is 0.527. The molecule has 2 aromatic carbocycles. The minimum atomic E-state index is 0.527. The van der Waals surface area contributed by atoms with Crippen molar-refractivity contribution in [2.45, 2.75) is 65.5 Å². The van der Waals surface area contributed by atoms with E-state index in [0.717, 1.165) is 24.4 Å². The number of fused-ring (bicyclic) bond motifs is 1. The second-order valence-electron chi connectivity index (χ2n) is 9.49. The maximum absolute atomic E-state index is 5.27. The van der Waals surface area contributed by atoms with Crippen molar-refractivity contribution in [1.29, 1.82) is 0 Å². The molecule has 1 N–H and O–H groups in total. The van der Waals surface area contributed by atoms with Crippen LogP contribution in [0, 0.1) is 13.8 Å². The lowest BCUT2D eigenvalue weighted by atomic mass is 10.1. The molecule has 0 spiro atoms. The van der Waals surface area contributed by atoms with Crippen molar-refractivity contribution in [2.75, 3.05) is 28.2 Å². The fourth-order valence-electron chi connectivity index (χ4n) is 5.31. The molecule has 31 heavy (non-hydrogen) atoms. The maximum atomic E-state index is 5.27. The average Bonchev–Trinajstić information content (AvgIpc) is 3.38. The highest BCUT2D eigenvalue weighted by atomic mass is 15.3. The molecule has 3 aromatic rings. The van der Waals surface area contributed by atoms with Gasteiger partial charge in [-0.1, -0.05) is 30.3 Å². The van der Waals surface area contributed by atoms with E-state index in [1.165, 1.54) is 59.3 Å². The van der Waals surface area contributed by atoms with E-state index >= 15 is 0 Å². The number of benzene rings is 2. The van der Waals surface area contributed by atoms with Crippen LogP contribution >= 0.6 is 0 Å². The van der Waals surface area contributed by atoms with Crippen LogP contribution in [0.4, 0.5) is 22.9 Å². The third kappa shape index (κ3) is 3.62. The van der Waals surface area contributed by atoms with Crippen LogP contribution in [-0.4, -0.2) is 30.2 Å². The fourth-order valence-corrected chi connectivity index (χ4v) is 5.31. The van der Waals surface area contributed by atoms with E-state index in [-0.39, 0.29) is 0 Å². The number of pyridine rings is 1. The Morgan fingerprint density at radius 3 is 2.32 bits per heavy atom. The quantitative estimate of drug-likeness (QED) is 0.523. The fraction of sp³-hybridized carbons (Fsp3) is 0.444. The van der Waals surface area contributed by atoms with Crippen molar-refractivity contribution in [1.82, 2.24) is 4.98 Å². The summed E-state index contributed by atoms with van der Waals surface area (Å²) in [5.41, 5.74) is 7.30. The van der Waals surface area contributed by atoms with E-state index in [1.807, 2.05) is 0 Å². The largest absolute Gasteiger partial charge is 0.364 e. The number of hydrogen-bond acceptors (Lipinski definition) is 4. The number of rotatable bonds is 4. The molecule has 2 atom stereocenters. The molecule has 0 radical (unpaired) electrons. The van der Waals surface area contributed by atoms with Crippen molar-refractivity contribution >= 4 is 33.8 Å². The standard InChI is InChI=1S/C27H34N4/c1-18-13-14-19(2)24(17-18)28-25-22-11-5-6-12-23(22)29-27(31-16-8-10-21(31)4)26(25)30-15-7-9-20(30)3/h5-6,11-14,17,20-21H,7-10,15-16H2,1-4H3,(H,28,29). The van der Waals surface area contributed by atoms with Gasteiger partial charge in [0, 0.05) is 36.2 Å². The van der Waals surface area contributed by atoms with Gasteiger partial charge in [0.2, 0.25) is 0 Å². The third-order valence-corrected chi connectivity index (χ3v) is 7.17. The van der Waals surface area contributed by atoms with Gasteiger partial charge in [-0.2, -0.15) is 0 Å². The number of anilines is 4. The van der Waals surface area contributed by atoms with Gasteiger partial charge in [0.1, 0.15) is 5.69 Å². The number of para-hydroxylation sites is 1. The summed E-state index contributed by atoms with van der Waals surface area (Å²) in [7, 11) is 0. The van der Waals surface area contributed by atoms with Gasteiger partial charge in [-0.15, -0.1) is 0 Å². The molecule has 4 heteroatoms. The minimum Gasteiger partial charge on any atom is -0.364 e. The second kappa shape index (κ2) is 8.07. The topological polar surface area (TPSA) is 31.4 Å². The summed E-state index contributed by atoms with van der Waals surface area (Å²) in [6, 6.07) is 16.3. The Hall–Kier alpha value is -2.75. The van der Waals surface area contributed by atoms with Gasteiger partial charge >= 0.3 is 0 Å². The smallest absolute Gasteiger partial charge is 0.155 e. The highest BCUT2D eigenvalue weighted by molar-refractivity contribution is 6.04. The Morgan fingerprint density at radius 2 is 1.61 bits per heavy atom. The average molecular weight is 415 g/mol. The highest BCUT2D eigenvalue weighted by Gasteiger charge is 2.32. The Bertz CT molecular complexity index is 1110. The molecule has 5 rings (SSSR count). The van der Waals surface area contributed by atoms with Gasteiger partial charge in [-0.05, 0) is 76.6 Å². The van der Waals surface area contributed by atoms with Crippen LogP contribution < -0.4 is 15.1 Å². The number of aromatic nitrogens is 1. The van der Waals surface area contributed by atoms with E-state index in [1.54, 1.807) is 0 Å². The second-order valence-corrected chi connectivity index (χ2v) is 9.49. The Kier molecular flexibility index (Phi) is 5.25. The van der Waals surface area contributed by atoms with Crippen LogP contribution in [0.15, 0.2) is 42.5 Å². The van der Waals surface area contributed by atoms with E-state index in [9.17, 15) is 0 Å². The van der Waals surface area contributed by atoms with Crippen LogP contribution in [0.1, 0.15) is 50.7 Å². The number of hydrogen-bond donors (Lipinski definition) is 1. The van der Waals surface area contributed by atoms with Gasteiger partial charge < -0.3 is 15.1 Å². The molecule has 2 unspecified atom stereocenters. The summed E-state index contributed by atoms with van der Waals surface area (Å²) in [5.74, 6) is 1.16. The summed E-state index contributed by atoms with van der Waals surface area (Å²) in [5, 5.41) is 5.09. The van der Waals surface area contributed by atoms with Crippen LogP contribution in [0.5, 0.6) is 0 Å². The van der Waals surface area contributed by atoms with Crippen LogP contribution in [0.3, 0.4) is 0 Å². The molecule has 1 aromatic heterocycles. The predicted molar refractivity (Wildman–Crippen MR) is 133 cm³/mol. The molecule has 0 aliphatic carbocycles. The summed E-state index contributed by atoms with van der Waals surface area (Å²) in [4.78, 5) is 10.4. The third-order valence-electron chi connectivity index (χ3n) is 7.17. The van der Waals surface area contributed by atoms with Crippen molar-refractivity contribution in [3.8, 4) is 0 Å². The maximum Gasteiger partial charge on any atom is 0.155 e. The van der Waals surface area contributed by atoms with Crippen molar-refractivity contribution in [2.24, 2.45) is 0 Å². The molecule has 2 aliphatic rings. The van der Waals surface area contributed by atoms with E-state index in [0.29, 0.717) is 12.1 Å². The van der Waals surface area contributed by atoms with Crippen molar-refractivity contribution < 1.29 is 0 Å². The van der Waals surface area contributed by atoms with E-state index in [4.69, 9.17) is 4.98 Å². The molecule has 162 valence electrons. The molecule has 2 fully saturated rings. The molecule has 4 nitrogen and oxygen atoms in total. The van der Waals surface area contributed by atoms with Crippen LogP contribution in [-0.2, 0) is 0 Å². The summed E-state index contributed by atoms with van der Waals surface area (Å²) in [6.07, 6.45) is 4.96. The molecular formula is C27H34N4. The Balaban J connectivity index is 1.77. The zero-order valence-corrected chi connectivity index (χ0v) is 19.3. The molecular weight excluding hydrogens is 380 g/mol. The van der Waals surface area contributed by atoms with Crippen LogP contribution in [0.2, 0.25) is 0 Å². The normalized spacial score (nSPS) is 21.3. The summed E-state index contributed by atoms with van der Waals surface area (Å²) >= 11 is 0. The first kappa shape index (κ1) is 20.2. The number of aryl methyl sites for hydroxylation is 2. The van der Waals surface area contributed by atoms with Gasteiger partial charge in [-0.3, -0.25) is 0 Å². The molecule has 2 saturated heterocycles. The predicted octanol–water partition coefficient (Wildman–Crippen LogP) is 6.57. The zero-order chi connectivity index (χ0) is 21.5. The molecule has 0 amide bonds. The van der Waals surface area contributed by atoms with Crippen molar-refractivity contribution in [3.05, 3.63) is 53.6 Å². The monoisotopic (exact) mass is 414 g/mol. The first-order valence-electron chi connectivity index (χ1n) is 11.8. The number of nitrogens with one attached hydrogen (secondary N) is 1. The molecule has 0 saturated carbocycles. The van der Waals surface area contributed by atoms with Gasteiger partial charge in [0.25, 0.3) is 0 Å². The SMILES string of the molecule is Cc1ccc(C)c(Nc2c(N3CCCC3C)c(N3CCCC3C)nc3ccccc23)c1. The summed E-state index contributed by atoms with van der Waals surface area (Å²) < 4.78 is 0. The van der Waals surface area contributed by atoms with Gasteiger partial charge in [0.05, 0.1) is 11.2 Å². The van der Waals surface area contributed by atoms with E-state index < -0.39 is 0 Å². The van der Waals surface area contributed by atoms with E-state index in [2.05, 4.69) is 85.3 Å². The zero-order valence-electron chi connectivity index (χ0n) is 19.3. The first-order valence-corrected chi connectivity index (χ1v) is 11.8. The molecule has 2 aliphatic heterocycles. The Morgan fingerprint density at radius 1 is 0.903 bits per heavy atom. The van der Waals surface area contributed by atoms with Gasteiger partial charge in [0.15, 0.2) is 5.82 Å². The van der Waals surface area contributed by atoms with Gasteiger partial charge in [-0.25, -0.2) is 4.98 Å². The lowest BCUT2D eigenvalue weighted by Crippen LogP contribution is -2.33. The summed E-state index contributed by atoms with van der Waals surface area (Å²) in [6.45, 7) is 11.2. The lowest BCUT2D eigenvalue weighted by molar-refractivity contribution is 0.712. The molecule has 0 bridgehead atoms. The lowest BCUT2D eigenvalue weighted by Gasteiger charge is -2.34. The van der Waals surface area contributed by atoms with Crippen molar-refractivity contribution in [3.63, 3.8) is 0 Å². The molecule has 3 heterocycles. The Labute approximate surface area is 186 Å².